The Balaban J connectivity index is 0.000000156. The van der Waals surface area contributed by atoms with Crippen LogP contribution in [-0.4, -0.2) is 36.5 Å². The Bertz CT molecular complexity index is 1570. The molecule has 4 aromatic rings. The Kier molecular flexibility index (Phi) is 6.98. The fraction of sp³-hybridized carbons (Fsp3) is 0.143. The third kappa shape index (κ3) is 4.77. The van der Waals surface area contributed by atoms with E-state index in [2.05, 4.69) is 20.0 Å². The second-order valence-corrected chi connectivity index (χ2v) is 8.72. The first-order chi connectivity index (χ1) is 18.5. The van der Waals surface area contributed by atoms with E-state index < -0.39 is 4.92 Å². The molecule has 0 saturated carbocycles. The summed E-state index contributed by atoms with van der Waals surface area (Å²) in [4.78, 5) is 27.4. The third-order valence-electron chi connectivity index (χ3n) is 6.44. The average Bonchev–Trinajstić information content (AvgIpc) is 3.56. The van der Waals surface area contributed by atoms with Gasteiger partial charge in [-0.1, -0.05) is 0 Å². The topological polar surface area (TPSA) is 160 Å². The van der Waals surface area contributed by atoms with Gasteiger partial charge in [0.1, 0.15) is 0 Å². The molecule has 0 radical (unpaired) electrons. The van der Waals surface area contributed by atoms with Gasteiger partial charge < -0.3 is 15.9 Å². The number of aliphatic hydroxyl groups excluding tert-OH is 2. The van der Waals surface area contributed by atoms with Crippen LogP contribution in [0.2, 0.25) is 0 Å². The first kappa shape index (κ1) is 24.9. The number of nitro benzene ring substituents is 1. The molecule has 0 amide bonds. The molecule has 2 aromatic heterocycles. The summed E-state index contributed by atoms with van der Waals surface area (Å²) < 4.78 is 0. The van der Waals surface area contributed by atoms with Gasteiger partial charge in [0.2, 0.25) is 0 Å². The smallest absolute Gasteiger partial charge is 0.275 e. The van der Waals surface area contributed by atoms with E-state index in [0.717, 1.165) is 50.4 Å². The number of hydrogen-bond acceptors (Lipinski definition) is 9. The van der Waals surface area contributed by atoms with E-state index in [1.165, 1.54) is 6.07 Å². The average molecular weight is 509 g/mol. The van der Waals surface area contributed by atoms with Crippen LogP contribution in [0.4, 0.5) is 11.4 Å². The van der Waals surface area contributed by atoms with Gasteiger partial charge in [0.15, 0.2) is 0 Å². The molecule has 4 heterocycles. The Morgan fingerprint density at radius 2 is 1.24 bits per heavy atom. The van der Waals surface area contributed by atoms with Gasteiger partial charge in [-0.3, -0.25) is 30.1 Å². The Morgan fingerprint density at radius 1 is 0.763 bits per heavy atom. The van der Waals surface area contributed by atoms with Crippen LogP contribution in [0.3, 0.4) is 0 Å². The molecule has 2 aromatic carbocycles. The van der Waals surface area contributed by atoms with E-state index in [-0.39, 0.29) is 18.9 Å². The quantitative estimate of drug-likeness (QED) is 0.212. The van der Waals surface area contributed by atoms with Crippen molar-refractivity contribution in [2.24, 2.45) is 9.98 Å². The number of anilines is 1. The molecule has 4 N–H and O–H groups in total. The minimum absolute atomic E-state index is 0.0528. The van der Waals surface area contributed by atoms with Gasteiger partial charge in [0.05, 0.1) is 48.2 Å². The molecule has 0 unspecified atom stereocenters. The molecule has 38 heavy (non-hydrogen) atoms. The van der Waals surface area contributed by atoms with Gasteiger partial charge >= 0.3 is 0 Å². The lowest BCUT2D eigenvalue weighted by Gasteiger charge is -2.08. The van der Waals surface area contributed by atoms with Gasteiger partial charge in [-0.2, -0.15) is 0 Å². The molecule has 10 nitrogen and oxygen atoms in total. The zero-order chi connectivity index (χ0) is 26.6. The number of benzene rings is 2. The van der Waals surface area contributed by atoms with Gasteiger partial charge in [0, 0.05) is 64.4 Å². The SMILES string of the molecule is Nc1cc2c(cc1CO)C(c1ccncc1)=NC2.O=[N+]([O-])c1cc2c(cc1CO)C(c1ccncc1)=NC2. The number of nitro groups is 1. The number of aliphatic hydroxyl groups is 2. The minimum Gasteiger partial charge on any atom is -0.398 e. The summed E-state index contributed by atoms with van der Waals surface area (Å²) in [5.74, 6) is 0. The Hall–Kier alpha value is -4.80. The second kappa shape index (κ2) is 10.7. The number of pyridine rings is 2. The molecule has 0 aliphatic carbocycles. The summed E-state index contributed by atoms with van der Waals surface area (Å²) in [5, 5.41) is 29.6. The largest absolute Gasteiger partial charge is 0.398 e. The number of nitrogen functional groups attached to an aromatic ring is 1. The van der Waals surface area contributed by atoms with Crippen LogP contribution >= 0.6 is 0 Å². The van der Waals surface area contributed by atoms with Crippen LogP contribution in [0.15, 0.2) is 83.3 Å². The summed E-state index contributed by atoms with van der Waals surface area (Å²) in [6, 6.07) is 14.5. The maximum atomic E-state index is 11.0. The molecule has 2 aliphatic rings. The van der Waals surface area contributed by atoms with Crippen molar-refractivity contribution in [1.29, 1.82) is 0 Å². The highest BCUT2D eigenvalue weighted by Gasteiger charge is 2.24. The molecule has 0 spiro atoms. The van der Waals surface area contributed by atoms with Crippen LogP contribution in [0, 0.1) is 10.1 Å². The molecule has 0 fully saturated rings. The van der Waals surface area contributed by atoms with E-state index in [4.69, 9.17) is 5.73 Å². The van der Waals surface area contributed by atoms with E-state index in [0.29, 0.717) is 24.3 Å². The lowest BCUT2D eigenvalue weighted by Crippen LogP contribution is -2.04. The van der Waals surface area contributed by atoms with Gasteiger partial charge in [0.25, 0.3) is 5.69 Å². The predicted molar refractivity (Wildman–Crippen MR) is 143 cm³/mol. The number of fused-ring (bicyclic) bond motifs is 2. The van der Waals surface area contributed by atoms with Crippen molar-refractivity contribution in [3.63, 3.8) is 0 Å². The van der Waals surface area contributed by atoms with E-state index in [1.54, 1.807) is 30.9 Å². The first-order valence-corrected chi connectivity index (χ1v) is 11.8. The fourth-order valence-electron chi connectivity index (χ4n) is 4.53. The summed E-state index contributed by atoms with van der Waals surface area (Å²) in [5.41, 5.74) is 15.0. The number of hydrogen-bond donors (Lipinski definition) is 3. The number of aromatic nitrogens is 2. The normalized spacial score (nSPS) is 13.1. The molecule has 0 bridgehead atoms. The molecule has 0 atom stereocenters. The zero-order valence-electron chi connectivity index (χ0n) is 20.3. The molecule has 2 aliphatic heterocycles. The number of aliphatic imine (C=N–C) groups is 2. The van der Waals surface area contributed by atoms with E-state index >= 15 is 0 Å². The van der Waals surface area contributed by atoms with E-state index in [1.807, 2.05) is 36.4 Å². The second-order valence-electron chi connectivity index (χ2n) is 8.72. The zero-order valence-corrected chi connectivity index (χ0v) is 20.3. The third-order valence-corrected chi connectivity index (χ3v) is 6.44. The van der Waals surface area contributed by atoms with Crippen molar-refractivity contribution in [3.8, 4) is 0 Å². The highest BCUT2D eigenvalue weighted by atomic mass is 16.6. The standard InChI is InChI=1S/C14H11N3O3.C14H13N3O/c18-8-11-5-12-10(6-13(11)17(19)20)7-16-14(12)9-1-3-15-4-2-9;15-13-6-10-7-17-14(9-1-3-16-4-2-9)12(10)5-11(13)8-18/h1-6,18H,7-8H2;1-6,18H,7-8,15H2. The number of nitrogens with two attached hydrogens (primary N) is 1. The molecule has 6 rings (SSSR count). The van der Waals surface area contributed by atoms with E-state index in [9.17, 15) is 20.3 Å². The molecule has 190 valence electrons. The summed E-state index contributed by atoms with van der Waals surface area (Å²) in [6.07, 6.45) is 6.85. The first-order valence-electron chi connectivity index (χ1n) is 11.8. The molecule has 0 saturated heterocycles. The van der Waals surface area contributed by atoms with Crippen molar-refractivity contribution >= 4 is 22.8 Å². The number of nitrogens with zero attached hydrogens (tertiary/aromatic N) is 5. The van der Waals surface area contributed by atoms with Crippen molar-refractivity contribution in [1.82, 2.24) is 9.97 Å². The lowest BCUT2D eigenvalue weighted by atomic mass is 9.97. The molecular weight excluding hydrogens is 484 g/mol. The highest BCUT2D eigenvalue weighted by molar-refractivity contribution is 6.16. The van der Waals surface area contributed by atoms with Crippen LogP contribution in [0.5, 0.6) is 0 Å². The predicted octanol–water partition coefficient (Wildman–Crippen LogP) is 3.34. The van der Waals surface area contributed by atoms with Crippen molar-refractivity contribution in [3.05, 3.63) is 128 Å². The summed E-state index contributed by atoms with van der Waals surface area (Å²) in [6.45, 7) is 0.637. The fourth-order valence-corrected chi connectivity index (χ4v) is 4.53. The van der Waals surface area contributed by atoms with Crippen LogP contribution in [0.1, 0.15) is 44.5 Å². The van der Waals surface area contributed by atoms with Gasteiger partial charge in [-0.15, -0.1) is 0 Å². The maximum absolute atomic E-state index is 11.0. The van der Waals surface area contributed by atoms with Crippen LogP contribution in [0.25, 0.3) is 0 Å². The van der Waals surface area contributed by atoms with Crippen molar-refractivity contribution < 1.29 is 15.1 Å². The molecular formula is C28H24N6O4. The van der Waals surface area contributed by atoms with Crippen LogP contribution in [-0.2, 0) is 26.3 Å². The molecule has 10 heteroatoms. The Labute approximate surface area is 218 Å². The summed E-state index contributed by atoms with van der Waals surface area (Å²) >= 11 is 0. The number of rotatable bonds is 5. The minimum atomic E-state index is -0.476. The maximum Gasteiger partial charge on any atom is 0.275 e. The Morgan fingerprint density at radius 3 is 1.71 bits per heavy atom. The van der Waals surface area contributed by atoms with Gasteiger partial charge in [-0.05, 0) is 53.6 Å². The summed E-state index contributed by atoms with van der Waals surface area (Å²) in [7, 11) is 0. The van der Waals surface area contributed by atoms with Crippen molar-refractivity contribution in [2.45, 2.75) is 26.3 Å². The van der Waals surface area contributed by atoms with Gasteiger partial charge in [-0.25, -0.2) is 0 Å². The van der Waals surface area contributed by atoms with Crippen LogP contribution < -0.4 is 5.73 Å². The highest BCUT2D eigenvalue weighted by Crippen LogP contribution is 2.30. The lowest BCUT2D eigenvalue weighted by molar-refractivity contribution is -0.385. The van der Waals surface area contributed by atoms with Crippen molar-refractivity contribution in [2.75, 3.05) is 5.73 Å². The monoisotopic (exact) mass is 508 g/mol.